The average molecular weight is 344 g/mol. The van der Waals surface area contributed by atoms with Crippen LogP contribution in [0.2, 0.25) is 0 Å². The van der Waals surface area contributed by atoms with Gasteiger partial charge in [-0.05, 0) is 18.2 Å². The Hall–Kier alpha value is -2.54. The van der Waals surface area contributed by atoms with Gasteiger partial charge in [0, 0.05) is 44.2 Å². The summed E-state index contributed by atoms with van der Waals surface area (Å²) >= 11 is 0. The third-order valence-electron chi connectivity index (χ3n) is 5.40. The lowest BCUT2D eigenvalue weighted by molar-refractivity contribution is -0.148. The summed E-state index contributed by atoms with van der Waals surface area (Å²) in [6, 6.07) is 5.07. The molecule has 0 saturated carbocycles. The molecular formula is C18H20N2O5. The van der Waals surface area contributed by atoms with E-state index in [1.807, 2.05) is 0 Å². The molecule has 2 atom stereocenters. The molecule has 132 valence electrons. The van der Waals surface area contributed by atoms with E-state index in [2.05, 4.69) is 11.5 Å². The number of carboxylic acids is 1. The molecule has 25 heavy (non-hydrogen) atoms. The van der Waals surface area contributed by atoms with Crippen molar-refractivity contribution in [2.45, 2.75) is 0 Å². The Morgan fingerprint density at radius 2 is 2.08 bits per heavy atom. The predicted molar refractivity (Wildman–Crippen MR) is 88.7 cm³/mol. The first-order valence-electron chi connectivity index (χ1n) is 8.29. The molecule has 0 radical (unpaired) electrons. The fraction of sp³-hybridized carbons (Fsp3) is 0.444. The van der Waals surface area contributed by atoms with Gasteiger partial charge >= 0.3 is 5.97 Å². The monoisotopic (exact) mass is 344 g/mol. The van der Waals surface area contributed by atoms with Crippen molar-refractivity contribution in [2.24, 2.45) is 11.3 Å². The number of aliphatic carboxylic acids is 1. The van der Waals surface area contributed by atoms with Crippen LogP contribution >= 0.6 is 0 Å². The predicted octanol–water partition coefficient (Wildman–Crippen LogP) is 1.06. The summed E-state index contributed by atoms with van der Waals surface area (Å²) in [4.78, 5) is 28.6. The molecule has 1 amide bonds. The summed E-state index contributed by atoms with van der Waals surface area (Å²) in [5.74, 6) is 0.115. The van der Waals surface area contributed by atoms with Crippen LogP contribution in [0.1, 0.15) is 10.4 Å². The topological polar surface area (TPSA) is 79.3 Å². The molecule has 4 rings (SSSR count). The molecule has 2 fully saturated rings. The van der Waals surface area contributed by atoms with Gasteiger partial charge in [-0.1, -0.05) is 6.08 Å². The number of benzene rings is 1. The van der Waals surface area contributed by atoms with Crippen molar-refractivity contribution in [1.29, 1.82) is 0 Å². The molecule has 3 heterocycles. The molecule has 1 aromatic carbocycles. The Labute approximate surface area is 145 Å². The van der Waals surface area contributed by atoms with Crippen molar-refractivity contribution in [2.75, 3.05) is 39.5 Å². The zero-order chi connectivity index (χ0) is 17.6. The molecule has 3 aliphatic heterocycles. The number of nitrogens with zero attached hydrogens (tertiary/aromatic N) is 2. The van der Waals surface area contributed by atoms with Crippen molar-refractivity contribution in [3.63, 3.8) is 0 Å². The van der Waals surface area contributed by atoms with Gasteiger partial charge in [0.1, 0.15) is 5.41 Å². The molecule has 0 unspecified atom stereocenters. The summed E-state index contributed by atoms with van der Waals surface area (Å²) in [7, 11) is 0. The maximum Gasteiger partial charge on any atom is 0.313 e. The largest absolute Gasteiger partial charge is 0.481 e. The van der Waals surface area contributed by atoms with Gasteiger partial charge in [-0.3, -0.25) is 14.5 Å². The fourth-order valence-electron chi connectivity index (χ4n) is 4.16. The van der Waals surface area contributed by atoms with Gasteiger partial charge < -0.3 is 19.5 Å². The summed E-state index contributed by atoms with van der Waals surface area (Å²) in [5.41, 5.74) is -0.401. The highest BCUT2D eigenvalue weighted by molar-refractivity contribution is 5.96. The van der Waals surface area contributed by atoms with Crippen molar-refractivity contribution < 1.29 is 24.2 Å². The van der Waals surface area contributed by atoms with Gasteiger partial charge in [0.25, 0.3) is 5.91 Å². The van der Waals surface area contributed by atoms with Gasteiger partial charge in [0.2, 0.25) is 6.79 Å². The summed E-state index contributed by atoms with van der Waals surface area (Å²) < 4.78 is 10.6. The Balaban J connectivity index is 1.55. The minimum Gasteiger partial charge on any atom is -0.481 e. The van der Waals surface area contributed by atoms with Gasteiger partial charge in [0.15, 0.2) is 11.5 Å². The molecule has 7 heteroatoms. The van der Waals surface area contributed by atoms with Gasteiger partial charge in [-0.2, -0.15) is 0 Å². The molecule has 1 aromatic rings. The summed E-state index contributed by atoms with van der Waals surface area (Å²) in [6.45, 7) is 6.34. The lowest BCUT2D eigenvalue weighted by atomic mass is 9.81. The first-order chi connectivity index (χ1) is 12.0. The van der Waals surface area contributed by atoms with Crippen LogP contribution in [-0.2, 0) is 4.79 Å². The fourth-order valence-corrected chi connectivity index (χ4v) is 4.16. The quantitative estimate of drug-likeness (QED) is 0.823. The molecule has 0 spiro atoms. The summed E-state index contributed by atoms with van der Waals surface area (Å²) in [6.07, 6.45) is 1.78. The molecule has 0 aliphatic carbocycles. The second kappa shape index (κ2) is 5.77. The first kappa shape index (κ1) is 16.0. The highest BCUT2D eigenvalue weighted by atomic mass is 16.7. The lowest BCUT2D eigenvalue weighted by Crippen LogP contribution is -2.42. The molecular weight excluding hydrogens is 324 g/mol. The second-order valence-corrected chi connectivity index (χ2v) is 6.89. The lowest BCUT2D eigenvalue weighted by Gasteiger charge is -2.25. The zero-order valence-corrected chi connectivity index (χ0v) is 13.8. The minimum atomic E-state index is -0.894. The second-order valence-electron chi connectivity index (χ2n) is 6.89. The van der Waals surface area contributed by atoms with E-state index < -0.39 is 11.4 Å². The number of rotatable bonds is 4. The third-order valence-corrected chi connectivity index (χ3v) is 5.40. The zero-order valence-electron chi connectivity index (χ0n) is 13.8. The van der Waals surface area contributed by atoms with Gasteiger partial charge in [-0.15, -0.1) is 6.58 Å². The van der Waals surface area contributed by atoms with E-state index in [4.69, 9.17) is 9.47 Å². The van der Waals surface area contributed by atoms with E-state index in [-0.39, 0.29) is 25.2 Å². The molecule has 0 aromatic heterocycles. The molecule has 1 N–H and O–H groups in total. The standard InChI is InChI=1S/C18H20N2O5/c1-2-5-19-7-13-8-20(10-18(13,9-19)17(22)23)16(21)12-3-4-14-15(6-12)25-11-24-14/h2-4,6,13H,1,5,7-11H2,(H,22,23)/t13-,18-/m1/s1. The van der Waals surface area contributed by atoms with Crippen LogP contribution in [0.3, 0.4) is 0 Å². The number of hydrogen-bond acceptors (Lipinski definition) is 5. The van der Waals surface area contributed by atoms with Crippen molar-refractivity contribution >= 4 is 11.9 Å². The number of hydrogen-bond donors (Lipinski definition) is 1. The van der Waals surface area contributed by atoms with Crippen LogP contribution in [0.25, 0.3) is 0 Å². The Morgan fingerprint density at radius 1 is 1.28 bits per heavy atom. The Morgan fingerprint density at radius 3 is 2.80 bits per heavy atom. The van der Waals surface area contributed by atoms with E-state index in [9.17, 15) is 14.7 Å². The Kier molecular flexibility index (Phi) is 3.68. The van der Waals surface area contributed by atoms with Crippen LogP contribution in [-0.4, -0.2) is 66.3 Å². The minimum absolute atomic E-state index is 0.0667. The van der Waals surface area contributed by atoms with Gasteiger partial charge in [-0.25, -0.2) is 0 Å². The van der Waals surface area contributed by atoms with E-state index in [0.717, 1.165) is 0 Å². The van der Waals surface area contributed by atoms with Crippen molar-refractivity contribution in [3.8, 4) is 11.5 Å². The number of carboxylic acid groups (broad SMARTS) is 1. The Bertz CT molecular complexity index is 749. The highest BCUT2D eigenvalue weighted by Crippen LogP contribution is 2.43. The number of carbonyl (C=O) groups excluding carboxylic acids is 1. The number of amides is 1. The van der Waals surface area contributed by atoms with Crippen LogP contribution in [0.15, 0.2) is 30.9 Å². The highest BCUT2D eigenvalue weighted by Gasteiger charge is 2.58. The van der Waals surface area contributed by atoms with Crippen molar-refractivity contribution in [3.05, 3.63) is 36.4 Å². The van der Waals surface area contributed by atoms with Crippen molar-refractivity contribution in [1.82, 2.24) is 9.80 Å². The van der Waals surface area contributed by atoms with Crippen LogP contribution in [0, 0.1) is 11.3 Å². The number of ether oxygens (including phenoxy) is 2. The van der Waals surface area contributed by atoms with Crippen LogP contribution in [0.4, 0.5) is 0 Å². The van der Waals surface area contributed by atoms with E-state index in [1.165, 1.54) is 0 Å². The normalized spacial score (nSPS) is 27.4. The van der Waals surface area contributed by atoms with E-state index in [0.29, 0.717) is 43.2 Å². The summed E-state index contributed by atoms with van der Waals surface area (Å²) in [5, 5.41) is 9.83. The number of carbonyl (C=O) groups is 2. The molecule has 0 bridgehead atoms. The number of fused-ring (bicyclic) bond motifs is 2. The van der Waals surface area contributed by atoms with Gasteiger partial charge in [0.05, 0.1) is 0 Å². The third kappa shape index (κ3) is 2.46. The van der Waals surface area contributed by atoms with E-state index in [1.54, 1.807) is 29.2 Å². The van der Waals surface area contributed by atoms with Crippen LogP contribution < -0.4 is 9.47 Å². The van der Waals surface area contributed by atoms with E-state index >= 15 is 0 Å². The average Bonchev–Trinajstić information content (AvgIpc) is 3.25. The maximum atomic E-state index is 12.9. The smallest absolute Gasteiger partial charge is 0.313 e. The SMILES string of the molecule is C=CCN1C[C@@H]2CN(C(=O)c3ccc4c(c3)OCO4)C[C@]2(C(=O)O)C1. The van der Waals surface area contributed by atoms with Crippen LogP contribution in [0.5, 0.6) is 11.5 Å². The molecule has 2 saturated heterocycles. The molecule has 7 nitrogen and oxygen atoms in total. The molecule has 3 aliphatic rings. The first-order valence-corrected chi connectivity index (χ1v) is 8.29. The number of likely N-dealkylation sites (tertiary alicyclic amines) is 2. The maximum absolute atomic E-state index is 12.9.